The molecule has 0 spiro atoms. The van der Waals surface area contributed by atoms with Gasteiger partial charge in [-0.25, -0.2) is 0 Å². The van der Waals surface area contributed by atoms with Crippen LogP contribution in [0.1, 0.15) is 26.7 Å². The number of amides is 1. The Bertz CT molecular complexity index is 295. The summed E-state index contributed by atoms with van der Waals surface area (Å²) in [4.78, 5) is 14.5. The Labute approximate surface area is 109 Å². The van der Waals surface area contributed by atoms with E-state index in [2.05, 4.69) is 15.5 Å². The molecule has 1 heterocycles. The van der Waals surface area contributed by atoms with Gasteiger partial charge in [-0.2, -0.15) is 0 Å². The second kappa shape index (κ2) is 5.55. The van der Waals surface area contributed by atoms with Crippen LogP contribution in [0.15, 0.2) is 0 Å². The van der Waals surface area contributed by atoms with Gasteiger partial charge in [-0.3, -0.25) is 9.69 Å². The molecule has 18 heavy (non-hydrogen) atoms. The minimum Gasteiger partial charge on any atom is -0.393 e. The normalized spacial score (nSPS) is 29.7. The molecule has 0 aromatic rings. The average molecular weight is 255 g/mol. The minimum absolute atomic E-state index is 0.103. The Morgan fingerprint density at radius 2 is 2.00 bits per heavy atom. The Morgan fingerprint density at radius 1 is 1.39 bits per heavy atom. The molecule has 0 atom stereocenters. The molecule has 1 saturated carbocycles. The van der Waals surface area contributed by atoms with Gasteiger partial charge in [0, 0.05) is 32.7 Å². The summed E-state index contributed by atoms with van der Waals surface area (Å²) < 4.78 is 0. The fourth-order valence-corrected chi connectivity index (χ4v) is 2.69. The number of hydrogen-bond donors (Lipinski definition) is 3. The van der Waals surface area contributed by atoms with Crippen molar-refractivity contribution in [1.29, 1.82) is 0 Å². The van der Waals surface area contributed by atoms with Crippen LogP contribution in [0.25, 0.3) is 0 Å². The number of rotatable bonds is 4. The maximum atomic E-state index is 12.3. The lowest BCUT2D eigenvalue weighted by atomic mass is 9.82. The topological polar surface area (TPSA) is 64.6 Å². The van der Waals surface area contributed by atoms with Crippen molar-refractivity contribution in [1.82, 2.24) is 15.5 Å². The Kier molecular flexibility index (Phi) is 4.25. The summed E-state index contributed by atoms with van der Waals surface area (Å²) in [5.41, 5.74) is -0.440. The SMILES string of the molecule is CC(C)(C(=O)NCC1CC(O)C1)N1CCNCC1. The highest BCUT2D eigenvalue weighted by molar-refractivity contribution is 5.85. The van der Waals surface area contributed by atoms with Gasteiger partial charge in [0.1, 0.15) is 0 Å². The van der Waals surface area contributed by atoms with Crippen LogP contribution in [0.4, 0.5) is 0 Å². The second-order valence-electron chi connectivity index (χ2n) is 6.00. The molecule has 5 nitrogen and oxygen atoms in total. The van der Waals surface area contributed by atoms with E-state index in [9.17, 15) is 9.90 Å². The summed E-state index contributed by atoms with van der Waals surface area (Å²) in [6.45, 7) is 8.42. The van der Waals surface area contributed by atoms with Gasteiger partial charge in [0.05, 0.1) is 11.6 Å². The van der Waals surface area contributed by atoms with Gasteiger partial charge in [-0.1, -0.05) is 0 Å². The Hall–Kier alpha value is -0.650. The fourth-order valence-electron chi connectivity index (χ4n) is 2.69. The van der Waals surface area contributed by atoms with E-state index in [4.69, 9.17) is 0 Å². The molecule has 3 N–H and O–H groups in total. The zero-order chi connectivity index (χ0) is 13.2. The van der Waals surface area contributed by atoms with E-state index < -0.39 is 5.54 Å². The quantitative estimate of drug-likeness (QED) is 0.637. The minimum atomic E-state index is -0.440. The van der Waals surface area contributed by atoms with Gasteiger partial charge >= 0.3 is 0 Å². The van der Waals surface area contributed by atoms with Crippen LogP contribution >= 0.6 is 0 Å². The summed E-state index contributed by atoms with van der Waals surface area (Å²) in [7, 11) is 0. The average Bonchev–Trinajstić information content (AvgIpc) is 2.34. The lowest BCUT2D eigenvalue weighted by Crippen LogP contribution is -2.60. The molecule has 1 aliphatic heterocycles. The van der Waals surface area contributed by atoms with Crippen LogP contribution in [0.3, 0.4) is 0 Å². The predicted octanol–water partition coefficient (Wildman–Crippen LogP) is -0.443. The van der Waals surface area contributed by atoms with Crippen molar-refractivity contribution < 1.29 is 9.90 Å². The molecule has 1 saturated heterocycles. The number of carbonyl (C=O) groups excluding carboxylic acids is 1. The lowest BCUT2D eigenvalue weighted by molar-refractivity contribution is -0.132. The molecule has 0 aromatic carbocycles. The molecule has 2 rings (SSSR count). The molecule has 0 bridgehead atoms. The van der Waals surface area contributed by atoms with E-state index in [1.54, 1.807) is 0 Å². The lowest BCUT2D eigenvalue weighted by Gasteiger charge is -2.40. The first-order valence-corrected chi connectivity index (χ1v) is 6.92. The molecule has 2 fully saturated rings. The fraction of sp³-hybridized carbons (Fsp3) is 0.923. The molecule has 104 valence electrons. The molecule has 1 amide bonds. The van der Waals surface area contributed by atoms with Crippen LogP contribution in [-0.4, -0.2) is 60.3 Å². The van der Waals surface area contributed by atoms with Gasteiger partial charge in [-0.15, -0.1) is 0 Å². The third-order valence-corrected chi connectivity index (χ3v) is 4.23. The highest BCUT2D eigenvalue weighted by atomic mass is 16.3. The summed E-state index contributed by atoms with van der Waals surface area (Å²) in [5, 5.41) is 15.5. The van der Waals surface area contributed by atoms with Gasteiger partial charge in [-0.05, 0) is 32.6 Å². The van der Waals surface area contributed by atoms with Gasteiger partial charge in [0.25, 0.3) is 0 Å². The van der Waals surface area contributed by atoms with Crippen LogP contribution in [0, 0.1) is 5.92 Å². The number of carbonyl (C=O) groups is 1. The first kappa shape index (κ1) is 13.8. The van der Waals surface area contributed by atoms with Crippen LogP contribution < -0.4 is 10.6 Å². The number of nitrogens with zero attached hydrogens (tertiary/aromatic N) is 1. The van der Waals surface area contributed by atoms with Crippen molar-refractivity contribution in [3.05, 3.63) is 0 Å². The molecule has 0 unspecified atom stereocenters. The molecule has 0 radical (unpaired) electrons. The summed E-state index contributed by atoms with van der Waals surface area (Å²) >= 11 is 0. The van der Waals surface area contributed by atoms with E-state index in [0.29, 0.717) is 12.5 Å². The summed E-state index contributed by atoms with van der Waals surface area (Å²) in [6, 6.07) is 0. The Balaban J connectivity index is 1.78. The summed E-state index contributed by atoms with van der Waals surface area (Å²) in [6.07, 6.45) is 1.51. The van der Waals surface area contributed by atoms with E-state index >= 15 is 0 Å². The predicted molar refractivity (Wildman–Crippen MR) is 70.3 cm³/mol. The first-order chi connectivity index (χ1) is 8.50. The maximum Gasteiger partial charge on any atom is 0.239 e. The Morgan fingerprint density at radius 3 is 2.56 bits per heavy atom. The summed E-state index contributed by atoms with van der Waals surface area (Å²) in [5.74, 6) is 0.563. The largest absolute Gasteiger partial charge is 0.393 e. The number of piperazine rings is 1. The van der Waals surface area contributed by atoms with E-state index in [-0.39, 0.29) is 12.0 Å². The van der Waals surface area contributed by atoms with Gasteiger partial charge in [0.2, 0.25) is 5.91 Å². The van der Waals surface area contributed by atoms with Crippen LogP contribution in [0.5, 0.6) is 0 Å². The van der Waals surface area contributed by atoms with E-state index in [0.717, 1.165) is 39.0 Å². The standard InChI is InChI=1S/C13H25N3O2/c1-13(2,16-5-3-14-4-6-16)12(18)15-9-10-7-11(17)8-10/h10-11,14,17H,3-9H2,1-2H3,(H,15,18). The molecule has 1 aliphatic carbocycles. The van der Waals surface area contributed by atoms with Gasteiger partial charge in [0.15, 0.2) is 0 Å². The van der Waals surface area contributed by atoms with Crippen molar-refractivity contribution in [3.63, 3.8) is 0 Å². The molecule has 0 aromatic heterocycles. The van der Waals surface area contributed by atoms with E-state index in [1.807, 2.05) is 13.8 Å². The molecular formula is C13H25N3O2. The smallest absolute Gasteiger partial charge is 0.239 e. The number of aliphatic hydroxyl groups excluding tert-OH is 1. The molecule has 5 heteroatoms. The first-order valence-electron chi connectivity index (χ1n) is 6.92. The van der Waals surface area contributed by atoms with E-state index in [1.165, 1.54) is 0 Å². The van der Waals surface area contributed by atoms with Crippen LogP contribution in [0.2, 0.25) is 0 Å². The third kappa shape index (κ3) is 3.02. The number of hydrogen-bond acceptors (Lipinski definition) is 4. The second-order valence-corrected chi connectivity index (χ2v) is 6.00. The third-order valence-electron chi connectivity index (χ3n) is 4.23. The monoisotopic (exact) mass is 255 g/mol. The van der Waals surface area contributed by atoms with Crippen molar-refractivity contribution in [2.75, 3.05) is 32.7 Å². The zero-order valence-corrected chi connectivity index (χ0v) is 11.4. The number of nitrogens with one attached hydrogen (secondary N) is 2. The van der Waals surface area contributed by atoms with Crippen molar-refractivity contribution >= 4 is 5.91 Å². The highest BCUT2D eigenvalue weighted by Gasteiger charge is 2.36. The van der Waals surface area contributed by atoms with Crippen LogP contribution in [-0.2, 0) is 4.79 Å². The van der Waals surface area contributed by atoms with Gasteiger partial charge < -0.3 is 15.7 Å². The maximum absolute atomic E-state index is 12.3. The highest BCUT2D eigenvalue weighted by Crippen LogP contribution is 2.26. The van der Waals surface area contributed by atoms with Crippen molar-refractivity contribution in [2.24, 2.45) is 5.92 Å². The van der Waals surface area contributed by atoms with Crippen molar-refractivity contribution in [2.45, 2.75) is 38.3 Å². The molecular weight excluding hydrogens is 230 g/mol. The molecule has 2 aliphatic rings. The number of aliphatic hydroxyl groups is 1. The zero-order valence-electron chi connectivity index (χ0n) is 11.4. The van der Waals surface area contributed by atoms with Crippen molar-refractivity contribution in [3.8, 4) is 0 Å².